The van der Waals surface area contributed by atoms with E-state index in [2.05, 4.69) is 22.6 Å². The molecule has 1 aromatic carbocycles. The minimum atomic E-state index is -4.27. The van der Waals surface area contributed by atoms with E-state index in [4.69, 9.17) is 10.5 Å². The summed E-state index contributed by atoms with van der Waals surface area (Å²) in [6.07, 6.45) is -6.27. The molecule has 2 rings (SSSR count). The minimum absolute atomic E-state index is 0.230. The Morgan fingerprint density at radius 2 is 1.88 bits per heavy atom. The van der Waals surface area contributed by atoms with Gasteiger partial charge in [-0.1, -0.05) is 0 Å². The predicted octanol–water partition coefficient (Wildman–Crippen LogP) is 5.53. The van der Waals surface area contributed by atoms with Gasteiger partial charge < -0.3 is 10.5 Å². The normalized spacial score (nSPS) is 12.9. The first kappa shape index (κ1) is 20.0. The van der Waals surface area contributed by atoms with Gasteiger partial charge in [0.2, 0.25) is 0 Å². The molecule has 0 bridgehead atoms. The molecule has 0 aliphatic heterocycles. The van der Waals surface area contributed by atoms with E-state index in [0.717, 1.165) is 26.0 Å². The van der Waals surface area contributed by atoms with Gasteiger partial charge in [-0.25, -0.2) is 0 Å². The minimum Gasteiger partial charge on any atom is -0.485 e. The van der Waals surface area contributed by atoms with Crippen molar-refractivity contribution in [1.29, 1.82) is 0 Å². The van der Waals surface area contributed by atoms with Crippen molar-refractivity contribution in [2.24, 2.45) is 5.73 Å². The quantitative estimate of drug-likeness (QED) is 0.550. The van der Waals surface area contributed by atoms with Crippen molar-refractivity contribution in [1.82, 2.24) is 0 Å². The highest BCUT2D eigenvalue weighted by Gasteiger charge is 2.30. The van der Waals surface area contributed by atoms with E-state index >= 15 is 0 Å². The number of rotatable bonds is 6. The zero-order chi connectivity index (χ0) is 18.8. The summed E-state index contributed by atoms with van der Waals surface area (Å²) < 4.78 is 44.9. The highest BCUT2D eigenvalue weighted by molar-refractivity contribution is 14.1. The molecule has 0 saturated heterocycles. The molecule has 0 aliphatic rings. The van der Waals surface area contributed by atoms with Gasteiger partial charge in [0.1, 0.15) is 11.9 Å². The van der Waals surface area contributed by atoms with Crippen LogP contribution in [0.25, 0.3) is 0 Å². The zero-order valence-electron chi connectivity index (χ0n) is 13.6. The Morgan fingerprint density at radius 3 is 2.36 bits per heavy atom. The van der Waals surface area contributed by atoms with Crippen LogP contribution in [0.4, 0.5) is 13.2 Å². The molecule has 1 aromatic heterocycles. The number of carbonyl (C=O) groups is 1. The third-order valence-corrected chi connectivity index (χ3v) is 6.46. The molecular formula is C17H17F3INO2S. The second-order valence-corrected chi connectivity index (χ2v) is 7.89. The first-order valence-electron chi connectivity index (χ1n) is 7.46. The van der Waals surface area contributed by atoms with Crippen molar-refractivity contribution < 1.29 is 22.7 Å². The summed E-state index contributed by atoms with van der Waals surface area (Å²) in [6, 6.07) is 6.71. The van der Waals surface area contributed by atoms with Gasteiger partial charge in [0.05, 0.1) is 4.88 Å². The summed E-state index contributed by atoms with van der Waals surface area (Å²) in [4.78, 5) is 12.1. The van der Waals surface area contributed by atoms with Gasteiger partial charge in [0.25, 0.3) is 5.91 Å². The molecule has 0 aliphatic carbocycles. The number of primary amides is 1. The lowest BCUT2D eigenvalue weighted by atomic mass is 10.1. The summed E-state index contributed by atoms with van der Waals surface area (Å²) in [5.74, 6) is -0.0941. The molecule has 2 N–H and O–H groups in total. The summed E-state index contributed by atoms with van der Waals surface area (Å²) in [6.45, 7) is 3.84. The van der Waals surface area contributed by atoms with E-state index in [1.54, 1.807) is 18.2 Å². The maximum absolute atomic E-state index is 12.7. The van der Waals surface area contributed by atoms with Gasteiger partial charge in [0, 0.05) is 14.9 Å². The second kappa shape index (κ2) is 7.94. The van der Waals surface area contributed by atoms with Crippen LogP contribution in [-0.4, -0.2) is 12.1 Å². The topological polar surface area (TPSA) is 52.3 Å². The summed E-state index contributed by atoms with van der Waals surface area (Å²) >= 11 is 3.28. The Labute approximate surface area is 161 Å². The third kappa shape index (κ3) is 5.60. The number of hydrogen-bond donors (Lipinski definition) is 1. The number of thiophene rings is 1. The largest absolute Gasteiger partial charge is 0.485 e. The van der Waals surface area contributed by atoms with E-state index in [0.29, 0.717) is 15.5 Å². The summed E-state index contributed by atoms with van der Waals surface area (Å²) in [5.41, 5.74) is 7.22. The Bertz CT molecular complexity index is 750. The lowest BCUT2D eigenvalue weighted by Gasteiger charge is -2.20. The van der Waals surface area contributed by atoms with Gasteiger partial charge in [-0.15, -0.1) is 11.3 Å². The van der Waals surface area contributed by atoms with Crippen molar-refractivity contribution in [2.75, 3.05) is 0 Å². The first-order chi connectivity index (χ1) is 11.6. The SMILES string of the molecule is Cc1cc(OC(CCC(F)(F)F)c2ccc(C(N)=O)s2)cc(C)c1I. The highest BCUT2D eigenvalue weighted by atomic mass is 127. The molecule has 25 heavy (non-hydrogen) atoms. The Balaban J connectivity index is 2.29. The van der Waals surface area contributed by atoms with Crippen LogP contribution in [0.5, 0.6) is 5.75 Å². The van der Waals surface area contributed by atoms with Crippen molar-refractivity contribution in [2.45, 2.75) is 39.0 Å². The van der Waals surface area contributed by atoms with Gasteiger partial charge in [-0.05, 0) is 78.3 Å². The Kier molecular flexibility index (Phi) is 6.36. The lowest BCUT2D eigenvalue weighted by Crippen LogP contribution is -2.13. The summed E-state index contributed by atoms with van der Waals surface area (Å²) in [7, 11) is 0. The number of amides is 1. The van der Waals surface area contributed by atoms with Gasteiger partial charge >= 0.3 is 6.18 Å². The fourth-order valence-electron chi connectivity index (χ4n) is 2.35. The molecular weight excluding hydrogens is 466 g/mol. The number of hydrogen-bond acceptors (Lipinski definition) is 3. The van der Waals surface area contributed by atoms with Crippen LogP contribution in [0.1, 0.15) is 44.6 Å². The summed E-state index contributed by atoms with van der Waals surface area (Å²) in [5, 5.41) is 0. The average molecular weight is 483 g/mol. The lowest BCUT2D eigenvalue weighted by molar-refractivity contribution is -0.139. The number of nitrogens with two attached hydrogens (primary N) is 1. The number of carbonyl (C=O) groups excluding carboxylic acids is 1. The number of ether oxygens (including phenoxy) is 1. The number of benzene rings is 1. The van der Waals surface area contributed by atoms with Crippen LogP contribution < -0.4 is 10.5 Å². The molecule has 1 atom stereocenters. The van der Waals surface area contributed by atoms with Crippen LogP contribution in [0, 0.1) is 17.4 Å². The molecule has 2 aromatic rings. The van der Waals surface area contributed by atoms with Crippen molar-refractivity contribution in [3.05, 3.63) is 48.7 Å². The zero-order valence-corrected chi connectivity index (χ0v) is 16.6. The van der Waals surface area contributed by atoms with Crippen LogP contribution in [-0.2, 0) is 0 Å². The molecule has 0 spiro atoms. The van der Waals surface area contributed by atoms with Gasteiger partial charge in [-0.3, -0.25) is 4.79 Å². The fraction of sp³-hybridized carbons (Fsp3) is 0.353. The first-order valence-corrected chi connectivity index (χ1v) is 9.36. The average Bonchev–Trinajstić information content (AvgIpc) is 2.98. The van der Waals surface area contributed by atoms with Crippen LogP contribution in [0.3, 0.4) is 0 Å². The Morgan fingerprint density at radius 1 is 1.28 bits per heavy atom. The molecule has 0 radical (unpaired) electrons. The monoisotopic (exact) mass is 483 g/mol. The second-order valence-electron chi connectivity index (χ2n) is 5.70. The van der Waals surface area contributed by atoms with E-state index in [1.807, 2.05) is 13.8 Å². The van der Waals surface area contributed by atoms with Crippen molar-refractivity contribution >= 4 is 39.8 Å². The maximum atomic E-state index is 12.7. The molecule has 8 heteroatoms. The van der Waals surface area contributed by atoms with Crippen LogP contribution in [0.15, 0.2) is 24.3 Å². The predicted molar refractivity (Wildman–Crippen MR) is 100 cm³/mol. The number of aryl methyl sites for hydroxylation is 2. The maximum Gasteiger partial charge on any atom is 0.389 e. The molecule has 1 amide bonds. The van der Waals surface area contributed by atoms with E-state index in [9.17, 15) is 18.0 Å². The molecule has 0 fully saturated rings. The molecule has 136 valence electrons. The molecule has 0 saturated carbocycles. The van der Waals surface area contributed by atoms with Crippen LogP contribution >= 0.6 is 33.9 Å². The highest BCUT2D eigenvalue weighted by Crippen LogP contribution is 2.35. The van der Waals surface area contributed by atoms with E-state index < -0.39 is 24.6 Å². The van der Waals surface area contributed by atoms with E-state index in [-0.39, 0.29) is 6.42 Å². The van der Waals surface area contributed by atoms with Gasteiger partial charge in [-0.2, -0.15) is 13.2 Å². The van der Waals surface area contributed by atoms with Gasteiger partial charge in [0.15, 0.2) is 0 Å². The molecule has 1 unspecified atom stereocenters. The fourth-order valence-corrected chi connectivity index (χ4v) is 3.59. The molecule has 1 heterocycles. The van der Waals surface area contributed by atoms with E-state index in [1.165, 1.54) is 6.07 Å². The standard InChI is InChI=1S/C17H17F3INO2S/c1-9-7-11(8-10(2)15(9)21)24-12(5-6-17(18,19)20)13-3-4-14(25-13)16(22)23/h3-4,7-8,12H,5-6H2,1-2H3,(H2,22,23). The molecule has 3 nitrogen and oxygen atoms in total. The van der Waals surface area contributed by atoms with Crippen LogP contribution in [0.2, 0.25) is 0 Å². The number of alkyl halides is 3. The number of halogens is 4. The van der Waals surface area contributed by atoms with Crippen molar-refractivity contribution in [3.63, 3.8) is 0 Å². The smallest absolute Gasteiger partial charge is 0.389 e. The Hall–Kier alpha value is -1.29. The third-order valence-electron chi connectivity index (χ3n) is 3.57. The van der Waals surface area contributed by atoms with Crippen molar-refractivity contribution in [3.8, 4) is 5.75 Å².